The highest BCUT2D eigenvalue weighted by molar-refractivity contribution is 8.04. The molecule has 2 aromatic rings. The summed E-state index contributed by atoms with van der Waals surface area (Å²) in [7, 11) is 1.50. The number of likely N-dealkylation sites (tertiary alicyclic amines) is 1. The molecule has 188 valence electrons. The summed E-state index contributed by atoms with van der Waals surface area (Å²) in [6, 6.07) is 8.97. The number of Topliss-reactive ketones (excluding diaryl/α,β-unsaturated/α-hetero) is 2. The van der Waals surface area contributed by atoms with E-state index in [2.05, 4.69) is 0 Å². The van der Waals surface area contributed by atoms with Gasteiger partial charge in [-0.2, -0.15) is 13.2 Å². The normalized spacial score (nSPS) is 18.9. The number of carbonyl (C=O) groups is 3. The van der Waals surface area contributed by atoms with Crippen molar-refractivity contribution < 1.29 is 41.8 Å². The van der Waals surface area contributed by atoms with Crippen LogP contribution in [0.1, 0.15) is 34.3 Å². The van der Waals surface area contributed by atoms with Crippen molar-refractivity contribution >= 4 is 35.2 Å². The molecule has 5 rings (SSSR count). The van der Waals surface area contributed by atoms with Crippen molar-refractivity contribution in [2.45, 2.75) is 24.6 Å². The Kier molecular flexibility index (Phi) is 5.98. The average molecular weight is 519 g/mol. The third-order valence-corrected chi connectivity index (χ3v) is 7.76. The van der Waals surface area contributed by atoms with Gasteiger partial charge in [-0.05, 0) is 36.4 Å². The number of ketones is 2. The first kappa shape index (κ1) is 24.2. The quantitative estimate of drug-likeness (QED) is 0.520. The topological polar surface area (TPSA) is 82.1 Å². The van der Waals surface area contributed by atoms with E-state index in [0.717, 1.165) is 12.1 Å². The highest BCUT2D eigenvalue weighted by Gasteiger charge is 2.46. The number of ether oxygens (including phenoxy) is 3. The zero-order valence-corrected chi connectivity index (χ0v) is 19.8. The van der Waals surface area contributed by atoms with Crippen molar-refractivity contribution in [1.29, 1.82) is 0 Å². The fraction of sp³-hybridized carbons (Fsp3) is 0.320. The van der Waals surface area contributed by atoms with Crippen LogP contribution in [0, 0.1) is 0 Å². The first-order valence-corrected chi connectivity index (χ1v) is 12.1. The lowest BCUT2D eigenvalue weighted by molar-refractivity contribution is -0.137. The number of methoxy groups -OCH3 is 1. The second kappa shape index (κ2) is 8.88. The van der Waals surface area contributed by atoms with E-state index in [0.29, 0.717) is 35.7 Å². The number of nitrogens with zero attached hydrogens (tertiary/aromatic N) is 1. The molecule has 1 saturated heterocycles. The molecule has 0 N–H and O–H groups in total. The Morgan fingerprint density at radius 1 is 1.03 bits per heavy atom. The minimum absolute atomic E-state index is 0.190. The van der Waals surface area contributed by atoms with Crippen molar-refractivity contribution in [1.82, 2.24) is 4.90 Å². The van der Waals surface area contributed by atoms with Crippen LogP contribution in [0.5, 0.6) is 11.5 Å². The van der Waals surface area contributed by atoms with Crippen molar-refractivity contribution in [3.63, 3.8) is 0 Å². The van der Waals surface area contributed by atoms with Crippen LogP contribution in [-0.2, 0) is 15.7 Å². The number of allylic oxidation sites excluding steroid dienone is 1. The summed E-state index contributed by atoms with van der Waals surface area (Å²) in [5.74, 6) is -0.117. The van der Waals surface area contributed by atoms with Gasteiger partial charge in [0, 0.05) is 42.8 Å². The van der Waals surface area contributed by atoms with E-state index < -0.39 is 35.0 Å². The number of amides is 1. The van der Waals surface area contributed by atoms with E-state index >= 15 is 0 Å². The number of halogens is 3. The summed E-state index contributed by atoms with van der Waals surface area (Å²) in [6.45, 7) is 0.498. The monoisotopic (exact) mass is 519 g/mol. The van der Waals surface area contributed by atoms with Crippen molar-refractivity contribution in [3.05, 3.63) is 64.1 Å². The molecule has 1 aliphatic carbocycles. The van der Waals surface area contributed by atoms with Crippen LogP contribution >= 0.6 is 11.8 Å². The van der Waals surface area contributed by atoms with Gasteiger partial charge in [-0.15, -0.1) is 11.8 Å². The highest BCUT2D eigenvalue weighted by Crippen LogP contribution is 2.48. The van der Waals surface area contributed by atoms with Crippen molar-refractivity contribution in [2.24, 2.45) is 0 Å². The molecule has 0 saturated carbocycles. The van der Waals surface area contributed by atoms with Crippen molar-refractivity contribution in [3.8, 4) is 11.5 Å². The zero-order chi connectivity index (χ0) is 25.7. The van der Waals surface area contributed by atoms with E-state index in [-0.39, 0.29) is 29.3 Å². The number of piperidine rings is 1. The first-order chi connectivity index (χ1) is 17.1. The number of benzene rings is 2. The smallest absolute Gasteiger partial charge is 0.416 e. The van der Waals surface area contributed by atoms with Crippen LogP contribution < -0.4 is 9.47 Å². The molecular formula is C25H20F3NO6S. The van der Waals surface area contributed by atoms with Crippen LogP contribution in [0.3, 0.4) is 0 Å². The predicted octanol–water partition coefficient (Wildman–Crippen LogP) is 4.95. The van der Waals surface area contributed by atoms with Gasteiger partial charge in [0.15, 0.2) is 0 Å². The molecule has 0 bridgehead atoms. The van der Waals surface area contributed by atoms with E-state index in [1.165, 1.54) is 35.9 Å². The SMILES string of the molecule is COc1ccc2c(c1)C1=C(SCC3(CCN(C(=O)Oc4cccc(C(F)(F)F)c4)CC3)O1)C(=O)C2=O. The fourth-order valence-electron chi connectivity index (χ4n) is 4.41. The maximum Gasteiger partial charge on any atom is 0.416 e. The molecule has 1 amide bonds. The summed E-state index contributed by atoms with van der Waals surface area (Å²) < 4.78 is 55.7. The third-order valence-electron chi connectivity index (χ3n) is 6.43. The lowest BCUT2D eigenvalue weighted by atomic mass is 9.90. The molecule has 0 radical (unpaired) electrons. The largest absolute Gasteiger partial charge is 0.497 e. The molecule has 1 fully saturated rings. The molecule has 2 aromatic carbocycles. The standard InChI is InChI=1S/C25H20F3NO6S/c1-33-15-5-6-17-18(12-15)21-22(20(31)19(17)30)36-13-24(35-21)7-9-29(10-8-24)23(32)34-16-4-2-3-14(11-16)25(26,27)28/h2-6,11-12H,7-10,13H2,1H3. The van der Waals surface area contributed by atoms with Gasteiger partial charge in [0.25, 0.3) is 0 Å². The van der Waals surface area contributed by atoms with Gasteiger partial charge in [0.1, 0.15) is 27.8 Å². The maximum atomic E-state index is 12.9. The summed E-state index contributed by atoms with van der Waals surface area (Å²) in [5.41, 5.74) is -0.844. The van der Waals surface area contributed by atoms with E-state index in [1.54, 1.807) is 18.2 Å². The minimum atomic E-state index is -4.54. The Morgan fingerprint density at radius 2 is 1.78 bits per heavy atom. The Morgan fingerprint density at radius 3 is 2.47 bits per heavy atom. The Balaban J connectivity index is 1.30. The number of carbonyl (C=O) groups excluding carboxylic acids is 3. The van der Waals surface area contributed by atoms with Crippen molar-refractivity contribution in [2.75, 3.05) is 26.0 Å². The van der Waals surface area contributed by atoms with Crippen LogP contribution in [-0.4, -0.2) is 54.1 Å². The van der Waals surface area contributed by atoms with Gasteiger partial charge in [-0.25, -0.2) is 4.79 Å². The molecule has 1 spiro atoms. The molecule has 7 nitrogen and oxygen atoms in total. The Bertz CT molecular complexity index is 1300. The van der Waals surface area contributed by atoms with E-state index in [9.17, 15) is 27.6 Å². The fourth-order valence-corrected chi connectivity index (χ4v) is 5.68. The lowest BCUT2D eigenvalue weighted by Gasteiger charge is -2.45. The number of thioether (sulfide) groups is 1. The van der Waals surface area contributed by atoms with Gasteiger partial charge in [0.2, 0.25) is 11.6 Å². The molecular weight excluding hydrogens is 499 g/mol. The third kappa shape index (κ3) is 4.32. The van der Waals surface area contributed by atoms with Crippen LogP contribution in [0.25, 0.3) is 5.76 Å². The minimum Gasteiger partial charge on any atom is -0.497 e. The van der Waals surface area contributed by atoms with Gasteiger partial charge in [0.05, 0.1) is 12.7 Å². The Labute approximate surface area is 208 Å². The predicted molar refractivity (Wildman–Crippen MR) is 124 cm³/mol. The first-order valence-electron chi connectivity index (χ1n) is 11.1. The van der Waals surface area contributed by atoms with E-state index in [4.69, 9.17) is 14.2 Å². The van der Waals surface area contributed by atoms with Crippen LogP contribution in [0.15, 0.2) is 47.4 Å². The maximum absolute atomic E-state index is 12.9. The second-order valence-electron chi connectivity index (χ2n) is 8.68. The second-order valence-corrected chi connectivity index (χ2v) is 9.67. The lowest BCUT2D eigenvalue weighted by Crippen LogP contribution is -2.51. The highest BCUT2D eigenvalue weighted by atomic mass is 32.2. The number of rotatable bonds is 2. The molecule has 0 aromatic heterocycles. The molecule has 0 unspecified atom stereocenters. The van der Waals surface area contributed by atoms with Crippen LogP contribution in [0.2, 0.25) is 0 Å². The molecule has 2 aliphatic heterocycles. The number of hydrogen-bond donors (Lipinski definition) is 0. The van der Waals surface area contributed by atoms with Gasteiger partial charge in [-0.1, -0.05) is 6.07 Å². The van der Waals surface area contributed by atoms with Crippen LogP contribution in [0.4, 0.5) is 18.0 Å². The summed E-state index contributed by atoms with van der Waals surface area (Å²) in [6.07, 6.45) is -4.47. The molecule has 11 heteroatoms. The van der Waals surface area contributed by atoms with E-state index in [1.807, 2.05) is 0 Å². The summed E-state index contributed by atoms with van der Waals surface area (Å²) >= 11 is 1.26. The summed E-state index contributed by atoms with van der Waals surface area (Å²) in [4.78, 5) is 39.5. The molecule has 2 heterocycles. The molecule has 36 heavy (non-hydrogen) atoms. The summed E-state index contributed by atoms with van der Waals surface area (Å²) in [5, 5.41) is 0. The van der Waals surface area contributed by atoms with Gasteiger partial charge in [-0.3, -0.25) is 9.59 Å². The number of hydrogen-bond acceptors (Lipinski definition) is 7. The zero-order valence-electron chi connectivity index (χ0n) is 19.0. The average Bonchev–Trinajstić information content (AvgIpc) is 2.87. The van der Waals surface area contributed by atoms with Gasteiger partial charge >= 0.3 is 12.3 Å². The molecule has 3 aliphatic rings. The number of fused-ring (bicyclic) bond motifs is 2. The number of alkyl halides is 3. The molecule has 0 atom stereocenters. The Hall–Kier alpha value is -3.47. The van der Waals surface area contributed by atoms with Gasteiger partial charge < -0.3 is 19.1 Å².